The Morgan fingerprint density at radius 3 is 2.52 bits per heavy atom. The number of anilines is 1. The number of aromatic nitrogens is 2. The predicted octanol–water partition coefficient (Wildman–Crippen LogP) is 3.39. The van der Waals surface area contributed by atoms with E-state index >= 15 is 0 Å². The van der Waals surface area contributed by atoms with Gasteiger partial charge in [-0.1, -0.05) is 36.4 Å². The van der Waals surface area contributed by atoms with Gasteiger partial charge in [0, 0.05) is 62.5 Å². The molecular formula is C32H40N6O2. The Morgan fingerprint density at radius 1 is 0.900 bits per heavy atom. The molecule has 7 heterocycles. The number of carbonyl (C=O) groups is 1. The van der Waals surface area contributed by atoms with E-state index in [1.54, 1.807) is 0 Å². The predicted molar refractivity (Wildman–Crippen MR) is 157 cm³/mol. The van der Waals surface area contributed by atoms with Crippen LogP contribution in [0.3, 0.4) is 0 Å². The highest BCUT2D eigenvalue weighted by Crippen LogP contribution is 2.28. The van der Waals surface area contributed by atoms with Gasteiger partial charge < -0.3 is 20.3 Å². The first-order valence-corrected chi connectivity index (χ1v) is 14.8. The van der Waals surface area contributed by atoms with Crippen LogP contribution in [0.25, 0.3) is 11.3 Å². The van der Waals surface area contributed by atoms with Crippen LogP contribution in [0.4, 0.5) is 5.69 Å². The number of carbonyl (C=O) groups excluding carboxylic acids is 1. The van der Waals surface area contributed by atoms with Crippen molar-refractivity contribution in [1.29, 1.82) is 0 Å². The van der Waals surface area contributed by atoms with Gasteiger partial charge in [-0.05, 0) is 67.7 Å². The molecule has 2 N–H and O–H groups in total. The lowest BCUT2D eigenvalue weighted by molar-refractivity contribution is -0.126. The van der Waals surface area contributed by atoms with Crippen LogP contribution in [0.15, 0.2) is 54.7 Å². The molecular weight excluding hydrogens is 500 g/mol. The van der Waals surface area contributed by atoms with Crippen molar-refractivity contribution in [3.05, 3.63) is 77.2 Å². The van der Waals surface area contributed by atoms with Crippen LogP contribution in [0.1, 0.15) is 41.8 Å². The second-order valence-electron chi connectivity index (χ2n) is 11.2. The third-order valence-electron chi connectivity index (χ3n) is 8.32. The van der Waals surface area contributed by atoms with Gasteiger partial charge in [0.2, 0.25) is 5.91 Å². The first kappa shape index (κ1) is 26.9. The summed E-state index contributed by atoms with van der Waals surface area (Å²) >= 11 is 0. The minimum absolute atomic E-state index is 0.110. The van der Waals surface area contributed by atoms with Crippen LogP contribution >= 0.6 is 0 Å². The Labute approximate surface area is 237 Å². The van der Waals surface area contributed by atoms with E-state index in [0.29, 0.717) is 6.42 Å². The number of hydrogen-bond donors (Lipinski definition) is 2. The number of amides is 1. The fourth-order valence-corrected chi connectivity index (χ4v) is 6.01. The molecule has 2 saturated heterocycles. The van der Waals surface area contributed by atoms with Gasteiger partial charge in [-0.3, -0.25) is 9.69 Å². The molecule has 8 heteroatoms. The molecule has 3 aromatic rings. The number of nitrogens with zero attached hydrogens (tertiary/aromatic N) is 4. The molecule has 1 aromatic heterocycles. The maximum atomic E-state index is 12.8. The Balaban J connectivity index is 1.28. The van der Waals surface area contributed by atoms with Crippen LogP contribution in [0, 0.1) is 5.92 Å². The molecule has 2 aromatic carbocycles. The summed E-state index contributed by atoms with van der Waals surface area (Å²) in [4.78, 5) is 27.3. The summed E-state index contributed by atoms with van der Waals surface area (Å²) in [6.45, 7) is 8.51. The van der Waals surface area contributed by atoms with E-state index in [1.807, 2.05) is 12.3 Å². The molecule has 0 spiro atoms. The first-order chi connectivity index (χ1) is 19.7. The normalized spacial score (nSPS) is 22.6. The topological polar surface area (TPSA) is 82.6 Å². The van der Waals surface area contributed by atoms with Gasteiger partial charge in [-0.15, -0.1) is 0 Å². The Bertz CT molecular complexity index is 1280. The van der Waals surface area contributed by atoms with Crippen molar-refractivity contribution in [1.82, 2.24) is 25.5 Å². The number of hydrogen-bond acceptors (Lipinski definition) is 7. The zero-order valence-corrected chi connectivity index (χ0v) is 23.3. The minimum atomic E-state index is 0.110. The second kappa shape index (κ2) is 12.9. The summed E-state index contributed by atoms with van der Waals surface area (Å²) in [5, 5.41) is 6.68. The molecule has 6 aliphatic heterocycles. The van der Waals surface area contributed by atoms with Crippen LogP contribution < -0.4 is 15.5 Å². The van der Waals surface area contributed by atoms with E-state index in [1.165, 1.54) is 22.4 Å². The molecule has 6 aliphatic rings. The van der Waals surface area contributed by atoms with Crippen molar-refractivity contribution in [3.8, 4) is 11.3 Å². The quantitative estimate of drug-likeness (QED) is 0.490. The van der Waals surface area contributed by atoms with Crippen molar-refractivity contribution < 1.29 is 9.53 Å². The fourth-order valence-electron chi connectivity index (χ4n) is 6.01. The number of rotatable bonds is 1. The second-order valence-corrected chi connectivity index (χ2v) is 11.2. The van der Waals surface area contributed by atoms with Crippen molar-refractivity contribution in [2.75, 3.05) is 57.4 Å². The highest BCUT2D eigenvalue weighted by molar-refractivity contribution is 5.78. The van der Waals surface area contributed by atoms with Crippen molar-refractivity contribution in [2.24, 2.45) is 5.92 Å². The molecule has 1 amide bonds. The summed E-state index contributed by atoms with van der Waals surface area (Å²) in [5.74, 6) is 1.16. The van der Waals surface area contributed by atoms with Gasteiger partial charge in [0.1, 0.15) is 5.82 Å². The Hall–Kier alpha value is -3.33. The third-order valence-corrected chi connectivity index (χ3v) is 8.32. The summed E-state index contributed by atoms with van der Waals surface area (Å²) < 4.78 is 5.63. The molecule has 40 heavy (non-hydrogen) atoms. The molecule has 8 bridgehead atoms. The highest BCUT2D eigenvalue weighted by Gasteiger charge is 2.26. The highest BCUT2D eigenvalue weighted by atomic mass is 16.5. The maximum absolute atomic E-state index is 12.8. The van der Waals surface area contributed by atoms with Gasteiger partial charge >= 0.3 is 0 Å². The number of piperidine rings is 1. The number of benzene rings is 2. The fraction of sp³-hybridized carbons (Fsp3) is 0.469. The lowest BCUT2D eigenvalue weighted by atomic mass is 9.95. The van der Waals surface area contributed by atoms with E-state index in [2.05, 4.69) is 67.9 Å². The molecule has 0 unspecified atom stereocenters. The average molecular weight is 541 g/mol. The largest absolute Gasteiger partial charge is 0.378 e. The standard InChI is InChI=1S/C32H40N6O2/c39-32-27-9-14-37(15-10-27)23-28-20-25(4-7-30(28)38-16-18-40-19-17-38)21-31-34-13-8-29(36-31)26-5-2-24(3-6-26)22-33-11-1-12-35-32/h2-8,13,20,27,33H,1,9-12,14-19,21-23H2,(H,35,39). The summed E-state index contributed by atoms with van der Waals surface area (Å²) in [5.41, 5.74) is 7.13. The van der Waals surface area contributed by atoms with Gasteiger partial charge in [0.25, 0.3) is 0 Å². The van der Waals surface area contributed by atoms with Gasteiger partial charge in [0.15, 0.2) is 0 Å². The molecule has 210 valence electrons. The van der Waals surface area contributed by atoms with Crippen LogP contribution in [-0.4, -0.2) is 73.3 Å². The molecule has 0 aliphatic carbocycles. The zero-order chi connectivity index (χ0) is 27.1. The van der Waals surface area contributed by atoms with E-state index in [0.717, 1.165) is 102 Å². The van der Waals surface area contributed by atoms with E-state index in [4.69, 9.17) is 9.72 Å². The van der Waals surface area contributed by atoms with E-state index < -0.39 is 0 Å². The first-order valence-electron chi connectivity index (χ1n) is 14.8. The number of ether oxygens (including phenoxy) is 1. The van der Waals surface area contributed by atoms with Crippen LogP contribution in [-0.2, 0) is 29.0 Å². The molecule has 9 rings (SSSR count). The minimum Gasteiger partial charge on any atom is -0.378 e. The summed E-state index contributed by atoms with van der Waals surface area (Å²) in [6.07, 6.45) is 5.30. The zero-order valence-electron chi connectivity index (χ0n) is 23.3. The SMILES string of the molecule is O=C1NCCCNCc2ccc(cc2)-c2ccnc(n2)Cc2ccc(N3CCOCC3)c(c2)CN2CCC1CC2. The molecule has 8 nitrogen and oxygen atoms in total. The van der Waals surface area contributed by atoms with Crippen LogP contribution in [0.5, 0.6) is 0 Å². The maximum Gasteiger partial charge on any atom is 0.223 e. The Morgan fingerprint density at radius 2 is 1.70 bits per heavy atom. The number of nitrogens with one attached hydrogen (secondary N) is 2. The smallest absolute Gasteiger partial charge is 0.223 e. The van der Waals surface area contributed by atoms with Crippen LogP contribution in [0.2, 0.25) is 0 Å². The summed E-state index contributed by atoms with van der Waals surface area (Å²) in [6, 6.07) is 17.4. The molecule has 0 atom stereocenters. The lowest BCUT2D eigenvalue weighted by Gasteiger charge is -2.34. The van der Waals surface area contributed by atoms with E-state index in [-0.39, 0.29) is 11.8 Å². The molecule has 0 radical (unpaired) electrons. The monoisotopic (exact) mass is 540 g/mol. The summed E-state index contributed by atoms with van der Waals surface area (Å²) in [7, 11) is 0. The molecule has 0 saturated carbocycles. The third kappa shape index (κ3) is 6.69. The van der Waals surface area contributed by atoms with Gasteiger partial charge in [-0.2, -0.15) is 0 Å². The van der Waals surface area contributed by atoms with Gasteiger partial charge in [-0.25, -0.2) is 9.97 Å². The molecule has 2 fully saturated rings. The van der Waals surface area contributed by atoms with Crippen molar-refractivity contribution in [3.63, 3.8) is 0 Å². The van der Waals surface area contributed by atoms with Gasteiger partial charge in [0.05, 0.1) is 18.9 Å². The average Bonchev–Trinajstić information content (AvgIpc) is 3.00. The van der Waals surface area contributed by atoms with Crippen molar-refractivity contribution in [2.45, 2.75) is 38.8 Å². The van der Waals surface area contributed by atoms with Crippen molar-refractivity contribution >= 4 is 11.6 Å². The number of morpholine rings is 1. The van der Waals surface area contributed by atoms with E-state index in [9.17, 15) is 4.79 Å². The Kier molecular flexibility index (Phi) is 8.66. The lowest BCUT2D eigenvalue weighted by Crippen LogP contribution is -2.41.